The van der Waals surface area contributed by atoms with Crippen LogP contribution in [0.25, 0.3) is 10.9 Å². The lowest BCUT2D eigenvalue weighted by Gasteiger charge is -2.30. The van der Waals surface area contributed by atoms with E-state index in [1.807, 2.05) is 31.2 Å². The fraction of sp³-hybridized carbons (Fsp3) is 0.565. The summed E-state index contributed by atoms with van der Waals surface area (Å²) in [6.07, 6.45) is 8.65. The van der Waals surface area contributed by atoms with E-state index in [-0.39, 0.29) is 30.8 Å². The number of aryl methyl sites for hydroxylation is 1. The van der Waals surface area contributed by atoms with Crippen molar-refractivity contribution in [3.8, 4) is 5.75 Å². The fourth-order valence-corrected chi connectivity index (χ4v) is 4.54. The second-order valence-corrected chi connectivity index (χ2v) is 8.38. The van der Waals surface area contributed by atoms with Crippen molar-refractivity contribution in [1.82, 2.24) is 10.3 Å². The number of carbonyl (C=O) groups excluding carboxylic acids is 1. The highest BCUT2D eigenvalue weighted by atomic mass is 16.5. The van der Waals surface area contributed by atoms with Gasteiger partial charge in [-0.3, -0.25) is 9.78 Å². The van der Waals surface area contributed by atoms with Gasteiger partial charge in [-0.2, -0.15) is 0 Å². The SMILES string of the molecule is Cc1cc(N)c2c(O[C@H]3CC[C@H](NC(=O)COC4CCCC4)CC3)cccc2n1. The molecule has 4 rings (SSSR count). The summed E-state index contributed by atoms with van der Waals surface area (Å²) in [7, 11) is 0. The molecule has 0 spiro atoms. The largest absolute Gasteiger partial charge is 0.490 e. The third kappa shape index (κ3) is 4.99. The Kier molecular flexibility index (Phi) is 6.19. The van der Waals surface area contributed by atoms with Gasteiger partial charge in [-0.15, -0.1) is 0 Å². The maximum absolute atomic E-state index is 12.2. The van der Waals surface area contributed by atoms with Gasteiger partial charge < -0.3 is 20.5 Å². The van der Waals surface area contributed by atoms with E-state index < -0.39 is 0 Å². The first-order valence-electron chi connectivity index (χ1n) is 10.8. The van der Waals surface area contributed by atoms with Crippen molar-refractivity contribution in [2.75, 3.05) is 12.3 Å². The van der Waals surface area contributed by atoms with Crippen LogP contribution in [0.1, 0.15) is 57.1 Å². The van der Waals surface area contributed by atoms with Crippen molar-refractivity contribution >= 4 is 22.5 Å². The van der Waals surface area contributed by atoms with Crippen molar-refractivity contribution in [3.05, 3.63) is 30.0 Å². The summed E-state index contributed by atoms with van der Waals surface area (Å²) < 4.78 is 12.0. The first-order valence-corrected chi connectivity index (χ1v) is 10.8. The van der Waals surface area contributed by atoms with Gasteiger partial charge in [-0.25, -0.2) is 0 Å². The van der Waals surface area contributed by atoms with Crippen molar-refractivity contribution in [1.29, 1.82) is 0 Å². The standard InChI is InChI=1S/C23H31N3O3/c1-15-13-19(24)23-20(25-15)7-4-8-21(23)29-18-11-9-16(10-12-18)26-22(27)14-28-17-5-2-3-6-17/h4,7-8,13,16-18H,2-3,5-6,9-12,14H2,1H3,(H2,24,25)(H,26,27)/t16-,18-. The first-order chi connectivity index (χ1) is 14.1. The monoisotopic (exact) mass is 397 g/mol. The number of nitrogens with zero attached hydrogens (tertiary/aromatic N) is 1. The molecule has 2 fully saturated rings. The van der Waals surface area contributed by atoms with Crippen LogP contribution >= 0.6 is 0 Å². The highest BCUT2D eigenvalue weighted by Gasteiger charge is 2.25. The van der Waals surface area contributed by atoms with Crippen LogP contribution in [0.5, 0.6) is 5.75 Å². The van der Waals surface area contributed by atoms with E-state index in [1.54, 1.807) is 0 Å². The molecular formula is C23H31N3O3. The molecule has 2 aliphatic rings. The number of hydrogen-bond acceptors (Lipinski definition) is 5. The minimum absolute atomic E-state index is 0.00420. The van der Waals surface area contributed by atoms with Gasteiger partial charge in [0.25, 0.3) is 0 Å². The molecule has 0 saturated heterocycles. The minimum atomic E-state index is 0.00420. The lowest BCUT2D eigenvalue weighted by atomic mass is 9.93. The Bertz CT molecular complexity index is 856. The molecule has 1 heterocycles. The number of benzene rings is 1. The van der Waals surface area contributed by atoms with Crippen LogP contribution < -0.4 is 15.8 Å². The number of nitrogens with one attached hydrogen (secondary N) is 1. The topological polar surface area (TPSA) is 86.5 Å². The molecule has 6 heteroatoms. The van der Waals surface area contributed by atoms with Crippen molar-refractivity contribution < 1.29 is 14.3 Å². The summed E-state index contributed by atoms with van der Waals surface area (Å²) in [5.41, 5.74) is 8.70. The zero-order valence-electron chi connectivity index (χ0n) is 17.2. The third-order valence-corrected chi connectivity index (χ3v) is 6.04. The lowest BCUT2D eigenvalue weighted by molar-refractivity contribution is -0.128. The van der Waals surface area contributed by atoms with Crippen molar-refractivity contribution in [3.63, 3.8) is 0 Å². The third-order valence-electron chi connectivity index (χ3n) is 6.04. The molecule has 0 aliphatic heterocycles. The minimum Gasteiger partial charge on any atom is -0.490 e. The predicted molar refractivity (Wildman–Crippen MR) is 114 cm³/mol. The molecule has 0 atom stereocenters. The predicted octanol–water partition coefficient (Wildman–Crippen LogP) is 3.89. The van der Waals surface area contributed by atoms with E-state index in [0.29, 0.717) is 5.69 Å². The van der Waals surface area contributed by atoms with Gasteiger partial charge in [0.2, 0.25) is 5.91 Å². The zero-order valence-corrected chi connectivity index (χ0v) is 17.2. The highest BCUT2D eigenvalue weighted by molar-refractivity contribution is 5.95. The molecule has 6 nitrogen and oxygen atoms in total. The number of nitrogen functional groups attached to an aromatic ring is 1. The molecule has 2 aromatic rings. The number of ether oxygens (including phenoxy) is 2. The first kappa shape index (κ1) is 20.0. The van der Waals surface area contributed by atoms with Crippen molar-refractivity contribution in [2.24, 2.45) is 0 Å². The fourth-order valence-electron chi connectivity index (χ4n) is 4.54. The molecule has 1 aromatic carbocycles. The van der Waals surface area contributed by atoms with Crippen molar-refractivity contribution in [2.45, 2.75) is 76.5 Å². The number of nitrogens with two attached hydrogens (primary N) is 1. The molecule has 0 unspecified atom stereocenters. The van der Waals surface area contributed by atoms with Crippen LogP contribution in [0.4, 0.5) is 5.69 Å². The van der Waals surface area contributed by atoms with Gasteiger partial charge in [0.15, 0.2) is 0 Å². The van der Waals surface area contributed by atoms with E-state index in [4.69, 9.17) is 15.2 Å². The number of amides is 1. The molecule has 0 radical (unpaired) electrons. The molecule has 1 amide bonds. The van der Waals surface area contributed by atoms with E-state index >= 15 is 0 Å². The highest BCUT2D eigenvalue weighted by Crippen LogP contribution is 2.33. The van der Waals surface area contributed by atoms with Gasteiger partial charge >= 0.3 is 0 Å². The Morgan fingerprint density at radius 2 is 1.90 bits per heavy atom. The Morgan fingerprint density at radius 3 is 2.66 bits per heavy atom. The smallest absolute Gasteiger partial charge is 0.246 e. The summed E-state index contributed by atoms with van der Waals surface area (Å²) in [6, 6.07) is 7.97. The number of rotatable bonds is 6. The molecular weight excluding hydrogens is 366 g/mol. The average Bonchev–Trinajstić information content (AvgIpc) is 3.21. The van der Waals surface area contributed by atoms with Gasteiger partial charge in [0, 0.05) is 17.4 Å². The number of hydrogen-bond donors (Lipinski definition) is 2. The van der Waals surface area contributed by atoms with Crippen LogP contribution in [0.15, 0.2) is 24.3 Å². The van der Waals surface area contributed by atoms with Crippen LogP contribution in [-0.4, -0.2) is 35.7 Å². The van der Waals surface area contributed by atoms with E-state index in [1.165, 1.54) is 12.8 Å². The lowest BCUT2D eigenvalue weighted by Crippen LogP contribution is -2.41. The molecule has 2 saturated carbocycles. The quantitative estimate of drug-likeness (QED) is 0.772. The van der Waals surface area contributed by atoms with Gasteiger partial charge in [-0.05, 0) is 63.6 Å². The molecule has 0 bridgehead atoms. The van der Waals surface area contributed by atoms with Crippen LogP contribution in [0.2, 0.25) is 0 Å². The summed E-state index contributed by atoms with van der Waals surface area (Å²) in [4.78, 5) is 16.7. The second-order valence-electron chi connectivity index (χ2n) is 8.38. The number of fused-ring (bicyclic) bond motifs is 1. The zero-order chi connectivity index (χ0) is 20.2. The summed E-state index contributed by atoms with van der Waals surface area (Å²) >= 11 is 0. The number of pyridine rings is 1. The molecule has 156 valence electrons. The average molecular weight is 398 g/mol. The Hall–Kier alpha value is -2.34. The van der Waals surface area contributed by atoms with E-state index in [9.17, 15) is 4.79 Å². The van der Waals surface area contributed by atoms with Crippen LogP contribution in [0, 0.1) is 6.92 Å². The Morgan fingerprint density at radius 1 is 1.14 bits per heavy atom. The molecule has 3 N–H and O–H groups in total. The summed E-state index contributed by atoms with van der Waals surface area (Å²) in [6.45, 7) is 2.13. The van der Waals surface area contributed by atoms with Crippen LogP contribution in [0.3, 0.4) is 0 Å². The van der Waals surface area contributed by atoms with E-state index in [0.717, 1.165) is 60.9 Å². The maximum Gasteiger partial charge on any atom is 0.246 e. The number of anilines is 1. The van der Waals surface area contributed by atoms with Crippen LogP contribution in [-0.2, 0) is 9.53 Å². The van der Waals surface area contributed by atoms with Gasteiger partial charge in [0.1, 0.15) is 12.4 Å². The maximum atomic E-state index is 12.2. The number of carbonyl (C=O) groups is 1. The Balaban J connectivity index is 1.28. The van der Waals surface area contributed by atoms with E-state index in [2.05, 4.69) is 10.3 Å². The van der Waals surface area contributed by atoms with Gasteiger partial charge in [-0.1, -0.05) is 18.9 Å². The molecule has 1 aromatic heterocycles. The second kappa shape index (κ2) is 8.99. The normalized spacial score (nSPS) is 22.7. The molecule has 2 aliphatic carbocycles. The Labute approximate surface area is 172 Å². The number of aromatic nitrogens is 1. The summed E-state index contributed by atoms with van der Waals surface area (Å²) in [5, 5.41) is 4.01. The molecule has 29 heavy (non-hydrogen) atoms. The summed E-state index contributed by atoms with van der Waals surface area (Å²) in [5.74, 6) is 0.800. The van der Waals surface area contributed by atoms with Gasteiger partial charge in [0.05, 0.1) is 23.1 Å².